The van der Waals surface area contributed by atoms with Gasteiger partial charge in [0.25, 0.3) is 0 Å². The van der Waals surface area contributed by atoms with E-state index in [1.807, 2.05) is 24.3 Å². The summed E-state index contributed by atoms with van der Waals surface area (Å²) in [5.41, 5.74) is 8.07. The number of benzene rings is 1. The molecular weight excluding hydrogens is 240 g/mol. The number of rotatable bonds is 3. The lowest BCUT2D eigenvalue weighted by atomic mass is 10.2. The number of anilines is 2. The summed E-state index contributed by atoms with van der Waals surface area (Å²) in [5, 5.41) is 2.82. The van der Waals surface area contributed by atoms with E-state index in [0.717, 1.165) is 16.9 Å². The molecule has 0 fully saturated rings. The Kier molecular flexibility index (Phi) is 4.10. The Morgan fingerprint density at radius 1 is 1.21 bits per heavy atom. The molecule has 3 N–H and O–H groups in total. The summed E-state index contributed by atoms with van der Waals surface area (Å²) < 4.78 is 0. The molecule has 2 aromatic rings. The zero-order valence-electron chi connectivity index (χ0n) is 10.7. The largest absolute Gasteiger partial charge is 0.326 e. The van der Waals surface area contributed by atoms with Crippen molar-refractivity contribution < 1.29 is 4.79 Å². The van der Waals surface area contributed by atoms with Gasteiger partial charge in [0.15, 0.2) is 0 Å². The summed E-state index contributed by atoms with van der Waals surface area (Å²) in [6, 6.07) is 10.8. The van der Waals surface area contributed by atoms with E-state index in [9.17, 15) is 4.79 Å². The molecule has 0 saturated heterocycles. The molecule has 0 bridgehead atoms. The van der Waals surface area contributed by atoms with Crippen molar-refractivity contribution in [1.29, 1.82) is 0 Å². The van der Waals surface area contributed by atoms with Crippen molar-refractivity contribution in [2.45, 2.75) is 6.54 Å². The normalized spacial score (nSPS) is 10.0. The molecule has 1 aromatic heterocycles. The number of carbonyl (C=O) groups excluding carboxylic acids is 1. The third-order valence-corrected chi connectivity index (χ3v) is 2.80. The minimum Gasteiger partial charge on any atom is -0.326 e. The van der Waals surface area contributed by atoms with E-state index < -0.39 is 0 Å². The molecule has 2 amide bonds. The number of carbonyl (C=O) groups is 1. The highest BCUT2D eigenvalue weighted by Gasteiger charge is 2.10. The van der Waals surface area contributed by atoms with Crippen LogP contribution >= 0.6 is 0 Å². The summed E-state index contributed by atoms with van der Waals surface area (Å²) in [4.78, 5) is 17.5. The molecule has 5 heteroatoms. The quantitative estimate of drug-likeness (QED) is 0.884. The third kappa shape index (κ3) is 3.29. The Morgan fingerprint density at radius 3 is 2.42 bits per heavy atom. The molecule has 1 aromatic carbocycles. The number of nitrogens with zero attached hydrogens (tertiary/aromatic N) is 2. The van der Waals surface area contributed by atoms with E-state index in [1.165, 1.54) is 4.90 Å². The Balaban J connectivity index is 2.04. The number of urea groups is 1. The summed E-state index contributed by atoms with van der Waals surface area (Å²) in [6.45, 7) is 0.491. The molecule has 0 atom stereocenters. The van der Waals surface area contributed by atoms with Crippen molar-refractivity contribution in [3.63, 3.8) is 0 Å². The van der Waals surface area contributed by atoms with E-state index >= 15 is 0 Å². The minimum absolute atomic E-state index is 0.202. The van der Waals surface area contributed by atoms with Crippen molar-refractivity contribution in [2.75, 3.05) is 17.3 Å². The van der Waals surface area contributed by atoms with Crippen LogP contribution in [-0.4, -0.2) is 18.1 Å². The first-order chi connectivity index (χ1) is 9.20. The topological polar surface area (TPSA) is 71.2 Å². The van der Waals surface area contributed by atoms with Crippen LogP contribution in [0.15, 0.2) is 48.8 Å². The number of amides is 2. The predicted octanol–water partition coefficient (Wildman–Crippen LogP) is 2.21. The van der Waals surface area contributed by atoms with Gasteiger partial charge in [-0.3, -0.25) is 9.88 Å². The van der Waals surface area contributed by atoms with Gasteiger partial charge in [0, 0.05) is 37.4 Å². The highest BCUT2D eigenvalue weighted by Crippen LogP contribution is 2.13. The van der Waals surface area contributed by atoms with Gasteiger partial charge in [-0.1, -0.05) is 12.1 Å². The smallest absolute Gasteiger partial charge is 0.326 e. The van der Waals surface area contributed by atoms with Crippen molar-refractivity contribution in [1.82, 2.24) is 4.98 Å². The SMILES string of the molecule is CN(C(=O)Nc1ccc(CN)cc1)c1ccncc1. The summed E-state index contributed by atoms with van der Waals surface area (Å²) in [5.74, 6) is 0. The predicted molar refractivity (Wildman–Crippen MR) is 76.0 cm³/mol. The maximum atomic E-state index is 12.0. The standard InChI is InChI=1S/C14H16N4O/c1-18(13-6-8-16-9-7-13)14(19)17-12-4-2-11(10-15)3-5-12/h2-9H,10,15H2,1H3,(H,17,19). The van der Waals surface area contributed by atoms with Crippen LogP contribution in [0.2, 0.25) is 0 Å². The van der Waals surface area contributed by atoms with Crippen LogP contribution in [-0.2, 0) is 6.54 Å². The van der Waals surface area contributed by atoms with Gasteiger partial charge in [-0.25, -0.2) is 4.79 Å². The second-order valence-corrected chi connectivity index (χ2v) is 4.10. The van der Waals surface area contributed by atoms with E-state index in [0.29, 0.717) is 6.54 Å². The van der Waals surface area contributed by atoms with Crippen LogP contribution in [0, 0.1) is 0 Å². The first kappa shape index (κ1) is 13.0. The number of pyridine rings is 1. The molecule has 0 unspecified atom stereocenters. The molecule has 0 aliphatic carbocycles. The molecule has 5 nitrogen and oxygen atoms in total. The van der Waals surface area contributed by atoms with Crippen LogP contribution in [0.1, 0.15) is 5.56 Å². The molecule has 0 saturated carbocycles. The Labute approximate surface area is 112 Å². The van der Waals surface area contributed by atoms with E-state index in [2.05, 4.69) is 10.3 Å². The molecular formula is C14H16N4O. The van der Waals surface area contributed by atoms with Gasteiger partial charge in [0.1, 0.15) is 0 Å². The number of hydrogen-bond acceptors (Lipinski definition) is 3. The highest BCUT2D eigenvalue weighted by atomic mass is 16.2. The lowest BCUT2D eigenvalue weighted by Crippen LogP contribution is -2.31. The fraction of sp³-hybridized carbons (Fsp3) is 0.143. The average molecular weight is 256 g/mol. The second kappa shape index (κ2) is 5.97. The molecule has 98 valence electrons. The Hall–Kier alpha value is -2.40. The molecule has 0 radical (unpaired) electrons. The molecule has 0 aliphatic heterocycles. The van der Waals surface area contributed by atoms with Crippen LogP contribution in [0.3, 0.4) is 0 Å². The summed E-state index contributed by atoms with van der Waals surface area (Å²) in [6.07, 6.45) is 3.30. The van der Waals surface area contributed by atoms with Crippen molar-refractivity contribution in [3.8, 4) is 0 Å². The van der Waals surface area contributed by atoms with Crippen molar-refractivity contribution in [2.24, 2.45) is 5.73 Å². The number of nitrogens with one attached hydrogen (secondary N) is 1. The summed E-state index contributed by atoms with van der Waals surface area (Å²) >= 11 is 0. The third-order valence-electron chi connectivity index (χ3n) is 2.80. The van der Waals surface area contributed by atoms with E-state index in [4.69, 9.17) is 5.73 Å². The molecule has 1 heterocycles. The molecule has 2 rings (SSSR count). The Bertz CT molecular complexity index is 539. The lowest BCUT2D eigenvalue weighted by molar-refractivity contribution is 0.258. The van der Waals surface area contributed by atoms with Crippen LogP contribution in [0.25, 0.3) is 0 Å². The highest BCUT2D eigenvalue weighted by molar-refractivity contribution is 6.01. The van der Waals surface area contributed by atoms with Gasteiger partial charge in [0.05, 0.1) is 0 Å². The van der Waals surface area contributed by atoms with Gasteiger partial charge in [-0.2, -0.15) is 0 Å². The fourth-order valence-corrected chi connectivity index (χ4v) is 1.62. The monoisotopic (exact) mass is 256 g/mol. The minimum atomic E-state index is -0.202. The fourth-order valence-electron chi connectivity index (χ4n) is 1.62. The van der Waals surface area contributed by atoms with Gasteiger partial charge >= 0.3 is 6.03 Å². The van der Waals surface area contributed by atoms with Gasteiger partial charge in [-0.05, 0) is 29.8 Å². The second-order valence-electron chi connectivity index (χ2n) is 4.10. The maximum absolute atomic E-state index is 12.0. The Morgan fingerprint density at radius 2 is 1.84 bits per heavy atom. The number of nitrogens with two attached hydrogens (primary N) is 1. The van der Waals surface area contributed by atoms with E-state index in [1.54, 1.807) is 31.6 Å². The molecule has 0 spiro atoms. The van der Waals surface area contributed by atoms with Crippen LogP contribution < -0.4 is 16.0 Å². The maximum Gasteiger partial charge on any atom is 0.326 e. The first-order valence-corrected chi connectivity index (χ1v) is 5.94. The summed E-state index contributed by atoms with van der Waals surface area (Å²) in [7, 11) is 1.71. The van der Waals surface area contributed by atoms with Gasteiger partial charge < -0.3 is 11.1 Å². The molecule has 0 aliphatic rings. The van der Waals surface area contributed by atoms with Crippen molar-refractivity contribution in [3.05, 3.63) is 54.4 Å². The van der Waals surface area contributed by atoms with Gasteiger partial charge in [0.2, 0.25) is 0 Å². The van der Waals surface area contributed by atoms with E-state index in [-0.39, 0.29) is 6.03 Å². The average Bonchev–Trinajstić information content (AvgIpc) is 2.48. The molecule has 19 heavy (non-hydrogen) atoms. The van der Waals surface area contributed by atoms with Crippen LogP contribution in [0.4, 0.5) is 16.2 Å². The number of hydrogen-bond donors (Lipinski definition) is 2. The zero-order chi connectivity index (χ0) is 13.7. The number of aromatic nitrogens is 1. The van der Waals surface area contributed by atoms with Gasteiger partial charge in [-0.15, -0.1) is 0 Å². The van der Waals surface area contributed by atoms with Crippen LogP contribution in [0.5, 0.6) is 0 Å². The zero-order valence-corrected chi connectivity index (χ0v) is 10.7. The first-order valence-electron chi connectivity index (χ1n) is 5.94. The van der Waals surface area contributed by atoms with Crippen molar-refractivity contribution >= 4 is 17.4 Å². The lowest BCUT2D eigenvalue weighted by Gasteiger charge is -2.17.